The molecule has 0 aliphatic rings. The molecule has 0 atom stereocenters. The molecule has 4 nitrogen and oxygen atoms in total. The molecule has 0 amide bonds. The van der Waals surface area contributed by atoms with Gasteiger partial charge < -0.3 is 0 Å². The average Bonchev–Trinajstić information content (AvgIpc) is 2.05. The summed E-state index contributed by atoms with van der Waals surface area (Å²) in [7, 11) is 1.53. The fourth-order valence-electron chi connectivity index (χ4n) is 0.939. The normalized spacial score (nSPS) is 9.50. The second kappa shape index (κ2) is 3.82. The molecule has 0 fully saturated rings. The van der Waals surface area contributed by atoms with E-state index in [9.17, 15) is 4.91 Å². The topological polar surface area (TPSA) is 50.7 Å². The van der Waals surface area contributed by atoms with Crippen molar-refractivity contribution < 1.29 is 4.84 Å². The summed E-state index contributed by atoms with van der Waals surface area (Å²) < 4.78 is 0. The Bertz CT molecular complexity index is 286. The summed E-state index contributed by atoms with van der Waals surface area (Å²) in [5, 5.41) is 2.85. The lowest BCUT2D eigenvalue weighted by molar-refractivity contribution is 0.271. The third-order valence-electron chi connectivity index (χ3n) is 1.52. The molecule has 1 rings (SSSR count). The number of hydrogen-bond acceptors (Lipinski definition) is 4. The van der Waals surface area contributed by atoms with Crippen LogP contribution in [0, 0.1) is 11.8 Å². The quantitative estimate of drug-likeness (QED) is 0.554. The molecule has 0 heterocycles. The molecule has 0 radical (unpaired) electrons. The summed E-state index contributed by atoms with van der Waals surface area (Å²) in [4.78, 5) is 14.9. The van der Waals surface area contributed by atoms with Gasteiger partial charge in [-0.05, 0) is 35.9 Å². The third-order valence-corrected chi connectivity index (χ3v) is 1.52. The van der Waals surface area contributed by atoms with Gasteiger partial charge in [0.05, 0.1) is 12.8 Å². The maximum Gasteiger partial charge on any atom is 0.111 e. The van der Waals surface area contributed by atoms with Crippen molar-refractivity contribution in [2.24, 2.45) is 5.18 Å². The summed E-state index contributed by atoms with van der Waals surface area (Å²) in [5.41, 5.74) is 4.74. The Hall–Kier alpha value is -1.42. The summed E-state index contributed by atoms with van der Waals surface area (Å²) in [6.45, 7) is 1.82. The van der Waals surface area contributed by atoms with Crippen LogP contribution in [0.5, 0.6) is 0 Å². The molecule has 1 N–H and O–H groups in total. The van der Waals surface area contributed by atoms with Crippen molar-refractivity contribution in [3.05, 3.63) is 28.7 Å². The van der Waals surface area contributed by atoms with Crippen molar-refractivity contribution in [2.75, 3.05) is 12.6 Å². The first-order valence-corrected chi connectivity index (χ1v) is 3.51. The van der Waals surface area contributed by atoms with Gasteiger partial charge in [-0.2, -0.15) is 0 Å². The van der Waals surface area contributed by atoms with E-state index in [0.717, 1.165) is 11.3 Å². The van der Waals surface area contributed by atoms with Gasteiger partial charge in [-0.15, -0.1) is 4.91 Å². The molecule has 0 bridgehead atoms. The molecule has 1 aromatic carbocycles. The van der Waals surface area contributed by atoms with E-state index in [1.807, 2.05) is 6.92 Å². The Morgan fingerprint density at radius 2 is 2.25 bits per heavy atom. The molecule has 12 heavy (non-hydrogen) atoms. The van der Waals surface area contributed by atoms with Gasteiger partial charge in [0.2, 0.25) is 0 Å². The zero-order valence-electron chi connectivity index (χ0n) is 7.00. The summed E-state index contributed by atoms with van der Waals surface area (Å²) in [6, 6.07) is 5.16. The van der Waals surface area contributed by atoms with E-state index in [1.54, 1.807) is 18.2 Å². The van der Waals surface area contributed by atoms with Crippen molar-refractivity contribution in [3.63, 3.8) is 0 Å². The average molecular weight is 166 g/mol. The highest BCUT2D eigenvalue weighted by atomic mass is 16.6. The van der Waals surface area contributed by atoms with E-state index in [4.69, 9.17) is 4.84 Å². The van der Waals surface area contributed by atoms with Gasteiger partial charge in [0, 0.05) is 0 Å². The van der Waals surface area contributed by atoms with Gasteiger partial charge in [0.15, 0.2) is 0 Å². The van der Waals surface area contributed by atoms with Crippen LogP contribution in [0.4, 0.5) is 11.4 Å². The van der Waals surface area contributed by atoms with Crippen molar-refractivity contribution in [2.45, 2.75) is 6.92 Å². The van der Waals surface area contributed by atoms with Crippen LogP contribution < -0.4 is 5.48 Å². The number of hydrogen-bond donors (Lipinski definition) is 1. The van der Waals surface area contributed by atoms with Gasteiger partial charge >= 0.3 is 0 Å². The van der Waals surface area contributed by atoms with Crippen LogP contribution in [0.15, 0.2) is 23.4 Å². The van der Waals surface area contributed by atoms with Gasteiger partial charge in [0.25, 0.3) is 0 Å². The first-order valence-electron chi connectivity index (χ1n) is 3.51. The zero-order chi connectivity index (χ0) is 8.97. The molecular formula is C8H10N2O2. The minimum atomic E-state index is 0.455. The monoisotopic (exact) mass is 166 g/mol. The number of rotatable bonds is 3. The van der Waals surface area contributed by atoms with E-state index < -0.39 is 0 Å². The molecule has 0 aromatic heterocycles. The highest BCUT2D eigenvalue weighted by Gasteiger charge is 1.98. The molecule has 0 unspecified atom stereocenters. The summed E-state index contributed by atoms with van der Waals surface area (Å²) in [6.07, 6.45) is 0. The molecular weight excluding hydrogens is 156 g/mol. The predicted octanol–water partition coefficient (Wildman–Crippen LogP) is 2.37. The van der Waals surface area contributed by atoms with E-state index in [2.05, 4.69) is 10.7 Å². The lowest BCUT2D eigenvalue weighted by atomic mass is 10.2. The van der Waals surface area contributed by atoms with Crippen molar-refractivity contribution >= 4 is 11.4 Å². The standard InChI is InChI=1S/C8H10N2O2/c1-6-5-7(10-12-2)3-4-8(6)9-11/h3-5,10H,1-2H3. The number of aryl methyl sites for hydroxylation is 1. The van der Waals surface area contributed by atoms with Crippen LogP contribution in [0.3, 0.4) is 0 Å². The van der Waals surface area contributed by atoms with Crippen LogP contribution in [0.25, 0.3) is 0 Å². The van der Waals surface area contributed by atoms with Gasteiger partial charge in [0.1, 0.15) is 5.69 Å². The Balaban J connectivity index is 2.93. The SMILES string of the molecule is CONc1ccc(N=O)c(C)c1. The first-order chi connectivity index (χ1) is 5.77. The Kier molecular flexibility index (Phi) is 2.76. The van der Waals surface area contributed by atoms with Crippen LogP contribution in [-0.4, -0.2) is 7.11 Å². The number of nitrogens with zero attached hydrogens (tertiary/aromatic N) is 1. The van der Waals surface area contributed by atoms with E-state index in [0.29, 0.717) is 5.69 Å². The fourth-order valence-corrected chi connectivity index (χ4v) is 0.939. The molecule has 0 saturated carbocycles. The molecule has 4 heteroatoms. The van der Waals surface area contributed by atoms with Gasteiger partial charge in [-0.25, -0.2) is 0 Å². The largest absolute Gasteiger partial charge is 0.279 e. The highest BCUT2D eigenvalue weighted by molar-refractivity contribution is 5.55. The number of nitrogens with one attached hydrogen (secondary N) is 1. The van der Waals surface area contributed by atoms with Gasteiger partial charge in [-0.1, -0.05) is 0 Å². The number of benzene rings is 1. The first kappa shape index (κ1) is 8.67. The van der Waals surface area contributed by atoms with Crippen LogP contribution in [0.2, 0.25) is 0 Å². The molecule has 0 aliphatic carbocycles. The van der Waals surface area contributed by atoms with Crippen LogP contribution in [0.1, 0.15) is 5.56 Å². The molecule has 64 valence electrons. The minimum Gasteiger partial charge on any atom is -0.279 e. The lowest BCUT2D eigenvalue weighted by Crippen LogP contribution is -1.94. The van der Waals surface area contributed by atoms with Crippen molar-refractivity contribution in [1.82, 2.24) is 0 Å². The Morgan fingerprint density at radius 3 is 2.75 bits per heavy atom. The fraction of sp³-hybridized carbons (Fsp3) is 0.250. The second-order valence-corrected chi connectivity index (χ2v) is 2.40. The molecule has 0 aliphatic heterocycles. The molecule has 1 aromatic rings. The maximum absolute atomic E-state index is 10.2. The number of anilines is 1. The van der Waals surface area contributed by atoms with Crippen molar-refractivity contribution in [1.29, 1.82) is 0 Å². The second-order valence-electron chi connectivity index (χ2n) is 2.40. The van der Waals surface area contributed by atoms with E-state index >= 15 is 0 Å². The minimum absolute atomic E-state index is 0.455. The van der Waals surface area contributed by atoms with E-state index in [-0.39, 0.29) is 0 Å². The van der Waals surface area contributed by atoms with Crippen LogP contribution in [-0.2, 0) is 4.84 Å². The third kappa shape index (κ3) is 1.79. The Labute approximate surface area is 70.5 Å². The predicted molar refractivity (Wildman–Crippen MR) is 47.3 cm³/mol. The Morgan fingerprint density at radius 1 is 1.50 bits per heavy atom. The van der Waals surface area contributed by atoms with Crippen molar-refractivity contribution in [3.8, 4) is 0 Å². The summed E-state index contributed by atoms with van der Waals surface area (Å²) in [5.74, 6) is 0. The van der Waals surface area contributed by atoms with E-state index in [1.165, 1.54) is 7.11 Å². The highest BCUT2D eigenvalue weighted by Crippen LogP contribution is 2.21. The zero-order valence-corrected chi connectivity index (χ0v) is 7.00. The smallest absolute Gasteiger partial charge is 0.111 e. The molecule has 0 spiro atoms. The van der Waals surface area contributed by atoms with Gasteiger partial charge in [-0.3, -0.25) is 10.3 Å². The summed E-state index contributed by atoms with van der Waals surface area (Å²) >= 11 is 0. The maximum atomic E-state index is 10.2. The van der Waals surface area contributed by atoms with Crippen LogP contribution >= 0.6 is 0 Å². The molecule has 0 saturated heterocycles. The lowest BCUT2D eigenvalue weighted by Gasteiger charge is -2.03. The number of nitroso groups, excluding NO2 is 1.